The molecular weight excluding hydrogens is 180 g/mol. The summed E-state index contributed by atoms with van der Waals surface area (Å²) >= 11 is 0. The van der Waals surface area contributed by atoms with Gasteiger partial charge in [0.25, 0.3) is 0 Å². The zero-order valence-electron chi connectivity index (χ0n) is 8.80. The Kier molecular flexibility index (Phi) is 6.80. The van der Waals surface area contributed by atoms with Gasteiger partial charge in [0, 0.05) is 12.3 Å². The van der Waals surface area contributed by atoms with Gasteiger partial charge in [-0.05, 0) is 24.2 Å². The lowest BCUT2D eigenvalue weighted by molar-refractivity contribution is -0.120. The third-order valence-corrected chi connectivity index (χ3v) is 3.80. The Hall–Kier alpha value is -0.420. The number of ketones is 1. The van der Waals surface area contributed by atoms with Gasteiger partial charge in [-0.2, -0.15) is 0 Å². The molecule has 0 spiro atoms. The Morgan fingerprint density at radius 3 is 2.62 bits per heavy atom. The van der Waals surface area contributed by atoms with Crippen molar-refractivity contribution >= 4 is 16.7 Å². The average molecular weight is 199 g/mol. The lowest BCUT2D eigenvalue weighted by atomic mass is 10.00. The molecule has 0 N–H and O–H groups in total. The molecule has 0 saturated carbocycles. The molecule has 1 nitrogen and oxygen atoms in total. The van der Waals surface area contributed by atoms with Crippen LogP contribution in [-0.4, -0.2) is 23.5 Å². The highest BCUT2D eigenvalue weighted by Gasteiger charge is 2.16. The first kappa shape index (κ1) is 12.6. The minimum atomic E-state index is 0.257. The molecule has 0 aliphatic heterocycles. The first-order valence-corrected chi connectivity index (χ1v) is 6.62. The van der Waals surface area contributed by atoms with Crippen LogP contribution in [0.5, 0.6) is 0 Å². The Labute approximate surface area is 84.6 Å². The predicted octanol–water partition coefficient (Wildman–Crippen LogP) is 1.87. The molecule has 0 aromatic rings. The van der Waals surface area contributed by atoms with Crippen LogP contribution in [-0.2, 0) is 15.7 Å². The number of rotatable bonds is 6. The third-order valence-electron chi connectivity index (χ3n) is 2.21. The molecule has 0 aromatic carbocycles. The molecule has 13 heavy (non-hydrogen) atoms. The van der Waals surface area contributed by atoms with E-state index in [4.69, 9.17) is 6.42 Å². The molecular formula is C11H19OS+. The van der Waals surface area contributed by atoms with Crippen molar-refractivity contribution in [3.05, 3.63) is 0 Å². The summed E-state index contributed by atoms with van der Waals surface area (Å²) in [7, 11) is 0.303. The van der Waals surface area contributed by atoms with E-state index in [1.54, 1.807) is 6.92 Å². The SMILES string of the molecule is C#CC[S+](C)CC[C@H](CC)C(C)=O. The molecule has 0 aliphatic carbocycles. The number of hydrogen-bond acceptors (Lipinski definition) is 1. The van der Waals surface area contributed by atoms with E-state index in [0.29, 0.717) is 16.7 Å². The van der Waals surface area contributed by atoms with Crippen LogP contribution in [0.2, 0.25) is 0 Å². The zero-order chi connectivity index (χ0) is 10.3. The molecule has 74 valence electrons. The van der Waals surface area contributed by atoms with Gasteiger partial charge in [0.15, 0.2) is 5.75 Å². The van der Waals surface area contributed by atoms with Gasteiger partial charge in [-0.3, -0.25) is 4.79 Å². The van der Waals surface area contributed by atoms with Gasteiger partial charge in [-0.1, -0.05) is 12.8 Å². The molecule has 0 heterocycles. The number of Topliss-reactive ketones (excluding diaryl/α,β-unsaturated/α-hetero) is 1. The highest BCUT2D eigenvalue weighted by atomic mass is 32.2. The molecule has 0 saturated heterocycles. The summed E-state index contributed by atoms with van der Waals surface area (Å²) in [5.41, 5.74) is 0. The van der Waals surface area contributed by atoms with Gasteiger partial charge < -0.3 is 0 Å². The number of terminal acetylenes is 1. The first-order valence-electron chi connectivity index (χ1n) is 4.64. The highest BCUT2D eigenvalue weighted by molar-refractivity contribution is 7.96. The topological polar surface area (TPSA) is 17.1 Å². The summed E-state index contributed by atoms with van der Waals surface area (Å²) in [6.07, 6.45) is 9.36. The number of carbonyl (C=O) groups excluding carboxylic acids is 1. The lowest BCUT2D eigenvalue weighted by Gasteiger charge is -2.09. The average Bonchev–Trinajstić information content (AvgIpc) is 2.05. The summed E-state index contributed by atoms with van der Waals surface area (Å²) < 4.78 is 0. The molecule has 0 aliphatic rings. The van der Waals surface area contributed by atoms with Crippen LogP contribution < -0.4 is 0 Å². The molecule has 0 radical (unpaired) electrons. The smallest absolute Gasteiger partial charge is 0.167 e. The second kappa shape index (κ2) is 7.03. The normalized spacial score (nSPS) is 14.6. The lowest BCUT2D eigenvalue weighted by Crippen LogP contribution is -2.17. The Morgan fingerprint density at radius 1 is 1.62 bits per heavy atom. The fourth-order valence-corrected chi connectivity index (χ4v) is 2.37. The summed E-state index contributed by atoms with van der Waals surface area (Å²) in [4.78, 5) is 11.1. The van der Waals surface area contributed by atoms with Crippen molar-refractivity contribution in [2.75, 3.05) is 17.8 Å². The summed E-state index contributed by atoms with van der Waals surface area (Å²) in [5.74, 6) is 5.20. The third kappa shape index (κ3) is 5.76. The molecule has 0 fully saturated rings. The van der Waals surface area contributed by atoms with Crippen LogP contribution in [0.15, 0.2) is 0 Å². The van der Waals surface area contributed by atoms with E-state index in [-0.39, 0.29) is 5.92 Å². The van der Waals surface area contributed by atoms with E-state index in [1.807, 2.05) is 0 Å². The van der Waals surface area contributed by atoms with E-state index >= 15 is 0 Å². The van der Waals surface area contributed by atoms with Gasteiger partial charge in [-0.15, -0.1) is 6.42 Å². The molecule has 0 aromatic heterocycles. The standard InChI is InChI=1S/C11H19OS/c1-5-8-13(4)9-7-11(6-2)10(3)12/h1,11H,6-9H2,2-4H3/q+1/t11-,13?/m0/s1. The second-order valence-corrected chi connectivity index (χ2v) is 5.60. The monoisotopic (exact) mass is 199 g/mol. The van der Waals surface area contributed by atoms with Crippen LogP contribution in [0.3, 0.4) is 0 Å². The minimum Gasteiger partial charge on any atom is -0.300 e. The maximum atomic E-state index is 11.1. The van der Waals surface area contributed by atoms with Gasteiger partial charge in [0.1, 0.15) is 11.5 Å². The summed E-state index contributed by atoms with van der Waals surface area (Å²) in [5, 5.41) is 0. The van der Waals surface area contributed by atoms with E-state index < -0.39 is 0 Å². The molecule has 0 rings (SSSR count). The Balaban J connectivity index is 3.73. The van der Waals surface area contributed by atoms with E-state index in [0.717, 1.165) is 24.3 Å². The van der Waals surface area contributed by atoms with Crippen molar-refractivity contribution in [1.82, 2.24) is 0 Å². The minimum absolute atomic E-state index is 0.257. The van der Waals surface area contributed by atoms with Crippen molar-refractivity contribution in [3.63, 3.8) is 0 Å². The molecule has 0 bridgehead atoms. The van der Waals surface area contributed by atoms with Gasteiger partial charge >= 0.3 is 0 Å². The highest BCUT2D eigenvalue weighted by Crippen LogP contribution is 2.11. The van der Waals surface area contributed by atoms with E-state index in [9.17, 15) is 4.79 Å². The van der Waals surface area contributed by atoms with Crippen molar-refractivity contribution in [2.45, 2.75) is 26.7 Å². The van der Waals surface area contributed by atoms with Crippen LogP contribution in [0, 0.1) is 18.3 Å². The summed E-state index contributed by atoms with van der Waals surface area (Å²) in [6.45, 7) is 3.75. The predicted molar refractivity (Wildman–Crippen MR) is 60.9 cm³/mol. The van der Waals surface area contributed by atoms with Crippen molar-refractivity contribution in [1.29, 1.82) is 0 Å². The number of hydrogen-bond donors (Lipinski definition) is 0. The first-order chi connectivity index (χ1) is 6.11. The molecule has 2 atom stereocenters. The van der Waals surface area contributed by atoms with Crippen LogP contribution >= 0.6 is 0 Å². The zero-order valence-corrected chi connectivity index (χ0v) is 9.62. The van der Waals surface area contributed by atoms with Crippen molar-refractivity contribution < 1.29 is 4.79 Å². The van der Waals surface area contributed by atoms with Gasteiger partial charge in [-0.25, -0.2) is 0 Å². The van der Waals surface area contributed by atoms with Crippen molar-refractivity contribution in [3.8, 4) is 12.3 Å². The molecule has 2 heteroatoms. The molecule has 0 amide bonds. The Morgan fingerprint density at radius 2 is 2.23 bits per heavy atom. The fourth-order valence-electron chi connectivity index (χ4n) is 1.25. The van der Waals surface area contributed by atoms with Crippen LogP contribution in [0.4, 0.5) is 0 Å². The maximum absolute atomic E-state index is 11.1. The van der Waals surface area contributed by atoms with Gasteiger partial charge in [0.2, 0.25) is 0 Å². The van der Waals surface area contributed by atoms with Crippen LogP contribution in [0.1, 0.15) is 26.7 Å². The van der Waals surface area contributed by atoms with E-state index in [2.05, 4.69) is 19.1 Å². The maximum Gasteiger partial charge on any atom is 0.167 e. The van der Waals surface area contributed by atoms with E-state index in [1.165, 1.54) is 0 Å². The van der Waals surface area contributed by atoms with Crippen molar-refractivity contribution in [2.24, 2.45) is 5.92 Å². The fraction of sp³-hybridized carbons (Fsp3) is 0.727. The number of carbonyl (C=O) groups is 1. The Bertz CT molecular complexity index is 193. The van der Waals surface area contributed by atoms with Gasteiger partial charge in [0.05, 0.1) is 6.26 Å². The largest absolute Gasteiger partial charge is 0.300 e. The molecule has 1 unspecified atom stereocenters. The quantitative estimate of drug-likeness (QED) is 0.471. The van der Waals surface area contributed by atoms with Crippen LogP contribution in [0.25, 0.3) is 0 Å². The second-order valence-electron chi connectivity index (χ2n) is 3.34. The summed E-state index contributed by atoms with van der Waals surface area (Å²) in [6, 6.07) is 0.